The van der Waals surface area contributed by atoms with E-state index >= 15 is 0 Å². The van der Waals surface area contributed by atoms with E-state index in [1.807, 2.05) is 17.5 Å². The molecule has 1 aliphatic rings. The van der Waals surface area contributed by atoms with E-state index in [1.54, 1.807) is 17.6 Å². The molecule has 0 amide bonds. The van der Waals surface area contributed by atoms with E-state index in [0.29, 0.717) is 13.2 Å². The van der Waals surface area contributed by atoms with Gasteiger partial charge < -0.3 is 14.9 Å². The van der Waals surface area contributed by atoms with Crippen molar-refractivity contribution in [2.24, 2.45) is 5.73 Å². The second-order valence-electron chi connectivity index (χ2n) is 3.97. The Kier molecular flexibility index (Phi) is 2.31. The van der Waals surface area contributed by atoms with Crippen LogP contribution in [0.15, 0.2) is 28.2 Å². The Morgan fingerprint density at radius 1 is 1.50 bits per heavy atom. The van der Waals surface area contributed by atoms with Crippen LogP contribution in [0, 0.1) is 0 Å². The third-order valence-electron chi connectivity index (χ3n) is 2.80. The number of hydrogen-bond donors (Lipinski definition) is 1. The molecule has 0 bridgehead atoms. The molecule has 3 heterocycles. The highest BCUT2D eigenvalue weighted by molar-refractivity contribution is 7.13. The molecule has 0 aliphatic carbocycles. The number of nitrogens with zero attached hydrogens (tertiary/aromatic N) is 1. The van der Waals surface area contributed by atoms with Crippen molar-refractivity contribution >= 4 is 11.3 Å². The van der Waals surface area contributed by atoms with E-state index in [0.717, 1.165) is 22.9 Å². The van der Waals surface area contributed by atoms with Crippen molar-refractivity contribution < 1.29 is 9.15 Å². The van der Waals surface area contributed by atoms with E-state index in [-0.39, 0.29) is 0 Å². The molecule has 1 aliphatic heterocycles. The van der Waals surface area contributed by atoms with Gasteiger partial charge in [-0.05, 0) is 18.6 Å². The summed E-state index contributed by atoms with van der Waals surface area (Å²) < 4.78 is 10.6. The third-order valence-corrected chi connectivity index (χ3v) is 3.66. The smallest absolute Gasteiger partial charge is 0.162 e. The van der Waals surface area contributed by atoms with E-state index in [9.17, 15) is 0 Å². The normalized spacial score (nSPS) is 25.1. The van der Waals surface area contributed by atoms with Gasteiger partial charge in [-0.25, -0.2) is 4.98 Å². The molecule has 2 N–H and O–H groups in total. The number of aromatic nitrogens is 1. The molecule has 16 heavy (non-hydrogen) atoms. The molecule has 1 fully saturated rings. The number of furan rings is 1. The molecule has 2 aromatic heterocycles. The van der Waals surface area contributed by atoms with Crippen LogP contribution in [0.4, 0.5) is 0 Å². The van der Waals surface area contributed by atoms with Gasteiger partial charge in [-0.1, -0.05) is 0 Å². The lowest BCUT2D eigenvalue weighted by molar-refractivity contribution is 0.177. The molecule has 2 aromatic rings. The van der Waals surface area contributed by atoms with Crippen LogP contribution in [-0.2, 0) is 10.3 Å². The van der Waals surface area contributed by atoms with Crippen LogP contribution in [0.2, 0.25) is 0 Å². The molecule has 1 unspecified atom stereocenters. The van der Waals surface area contributed by atoms with Crippen molar-refractivity contribution in [3.05, 3.63) is 29.5 Å². The van der Waals surface area contributed by atoms with Gasteiger partial charge in [0.2, 0.25) is 0 Å². The second-order valence-corrected chi connectivity index (χ2v) is 4.83. The van der Waals surface area contributed by atoms with E-state index in [1.165, 1.54) is 0 Å². The van der Waals surface area contributed by atoms with Crippen LogP contribution in [0.25, 0.3) is 10.8 Å². The molecule has 1 atom stereocenters. The van der Waals surface area contributed by atoms with Gasteiger partial charge in [0, 0.05) is 12.0 Å². The van der Waals surface area contributed by atoms with Crippen LogP contribution in [0.5, 0.6) is 0 Å². The van der Waals surface area contributed by atoms with Crippen molar-refractivity contribution in [3.8, 4) is 10.8 Å². The van der Waals surface area contributed by atoms with Crippen LogP contribution in [0.1, 0.15) is 12.1 Å². The summed E-state index contributed by atoms with van der Waals surface area (Å²) in [4.78, 5) is 4.53. The summed E-state index contributed by atoms with van der Waals surface area (Å²) in [6, 6.07) is 3.75. The Morgan fingerprint density at radius 3 is 3.12 bits per heavy atom. The number of rotatable bonds is 2. The average Bonchev–Trinajstić information content (AvgIpc) is 2.98. The lowest BCUT2D eigenvalue weighted by atomic mass is 9.97. The zero-order valence-corrected chi connectivity index (χ0v) is 9.50. The summed E-state index contributed by atoms with van der Waals surface area (Å²) in [5, 5.41) is 2.86. The fourth-order valence-electron chi connectivity index (χ4n) is 1.80. The first-order valence-electron chi connectivity index (χ1n) is 5.14. The predicted octanol–water partition coefficient (Wildman–Crippen LogP) is 1.98. The number of nitrogens with two attached hydrogens (primary N) is 1. The lowest BCUT2D eigenvalue weighted by Crippen LogP contribution is -2.37. The van der Waals surface area contributed by atoms with Crippen LogP contribution >= 0.6 is 11.3 Å². The molecule has 0 radical (unpaired) electrons. The molecule has 4 nitrogen and oxygen atoms in total. The first kappa shape index (κ1) is 10.0. The standard InChI is InChI=1S/C11H12N2O2S/c12-11(3-5-14-7-11)9-6-16-10(13-9)8-2-1-4-15-8/h1-2,4,6H,3,5,7,12H2. The van der Waals surface area contributed by atoms with Crippen molar-refractivity contribution in [3.63, 3.8) is 0 Å². The molecule has 5 heteroatoms. The maximum atomic E-state index is 6.24. The van der Waals surface area contributed by atoms with Gasteiger partial charge in [-0.2, -0.15) is 0 Å². The van der Waals surface area contributed by atoms with Gasteiger partial charge >= 0.3 is 0 Å². The van der Waals surface area contributed by atoms with Gasteiger partial charge in [-0.15, -0.1) is 11.3 Å². The van der Waals surface area contributed by atoms with Crippen molar-refractivity contribution in [2.75, 3.05) is 13.2 Å². The van der Waals surface area contributed by atoms with Crippen LogP contribution < -0.4 is 5.73 Å². The first-order chi connectivity index (χ1) is 7.78. The molecular formula is C11H12N2O2S. The first-order valence-corrected chi connectivity index (χ1v) is 6.02. The third kappa shape index (κ3) is 1.57. The van der Waals surface area contributed by atoms with Crippen LogP contribution in [-0.4, -0.2) is 18.2 Å². The molecule has 0 spiro atoms. The minimum absolute atomic E-state index is 0.415. The van der Waals surface area contributed by atoms with Crippen molar-refractivity contribution in [2.45, 2.75) is 12.0 Å². The SMILES string of the molecule is NC1(c2csc(-c3ccco3)n2)CCOC1. The monoisotopic (exact) mass is 236 g/mol. The lowest BCUT2D eigenvalue weighted by Gasteiger charge is -2.18. The Hall–Kier alpha value is -1.17. The molecule has 0 aromatic carbocycles. The minimum atomic E-state index is -0.415. The van der Waals surface area contributed by atoms with Gasteiger partial charge in [0.25, 0.3) is 0 Å². The molecule has 3 rings (SSSR count). The molecule has 0 saturated carbocycles. The number of thiazole rings is 1. The van der Waals surface area contributed by atoms with Gasteiger partial charge in [-0.3, -0.25) is 0 Å². The summed E-state index contributed by atoms with van der Waals surface area (Å²) in [6.45, 7) is 1.26. The summed E-state index contributed by atoms with van der Waals surface area (Å²) in [6.07, 6.45) is 2.47. The fourth-order valence-corrected chi connectivity index (χ4v) is 2.69. The van der Waals surface area contributed by atoms with E-state index in [2.05, 4.69) is 4.98 Å². The highest BCUT2D eigenvalue weighted by atomic mass is 32.1. The number of hydrogen-bond acceptors (Lipinski definition) is 5. The van der Waals surface area contributed by atoms with Gasteiger partial charge in [0.15, 0.2) is 10.8 Å². The predicted molar refractivity (Wildman–Crippen MR) is 61.1 cm³/mol. The van der Waals surface area contributed by atoms with E-state index < -0.39 is 5.54 Å². The molecule has 1 saturated heterocycles. The topological polar surface area (TPSA) is 61.3 Å². The Labute approximate surface area is 97.1 Å². The Bertz CT molecular complexity index is 472. The Morgan fingerprint density at radius 2 is 2.44 bits per heavy atom. The van der Waals surface area contributed by atoms with Crippen molar-refractivity contribution in [1.29, 1.82) is 0 Å². The van der Waals surface area contributed by atoms with Gasteiger partial charge in [0.05, 0.1) is 24.1 Å². The number of ether oxygens (including phenoxy) is 1. The average molecular weight is 236 g/mol. The maximum absolute atomic E-state index is 6.24. The van der Waals surface area contributed by atoms with Gasteiger partial charge in [0.1, 0.15) is 0 Å². The highest BCUT2D eigenvalue weighted by Crippen LogP contribution is 2.32. The second kappa shape index (κ2) is 3.69. The summed E-state index contributed by atoms with van der Waals surface area (Å²) in [5.41, 5.74) is 6.72. The Balaban J connectivity index is 1.93. The van der Waals surface area contributed by atoms with Crippen molar-refractivity contribution in [1.82, 2.24) is 4.98 Å². The highest BCUT2D eigenvalue weighted by Gasteiger charge is 2.34. The minimum Gasteiger partial charge on any atom is -0.462 e. The zero-order valence-electron chi connectivity index (χ0n) is 8.68. The fraction of sp³-hybridized carbons (Fsp3) is 0.364. The van der Waals surface area contributed by atoms with E-state index in [4.69, 9.17) is 14.9 Å². The quantitative estimate of drug-likeness (QED) is 0.866. The molecule has 84 valence electrons. The zero-order chi connectivity index (χ0) is 11.0. The summed E-state index contributed by atoms with van der Waals surface area (Å²) in [5.74, 6) is 0.791. The maximum Gasteiger partial charge on any atom is 0.162 e. The summed E-state index contributed by atoms with van der Waals surface area (Å²) in [7, 11) is 0. The summed E-state index contributed by atoms with van der Waals surface area (Å²) >= 11 is 1.55. The van der Waals surface area contributed by atoms with Crippen LogP contribution in [0.3, 0.4) is 0 Å². The largest absolute Gasteiger partial charge is 0.462 e. The molecular weight excluding hydrogens is 224 g/mol.